The molecule has 1 N–H and O–H groups in total. The lowest BCUT2D eigenvalue weighted by Crippen LogP contribution is -2.57. The molecular formula is C16H29NO3. The van der Waals surface area contributed by atoms with Crippen LogP contribution in [-0.2, 0) is 14.3 Å². The molecule has 0 spiro atoms. The van der Waals surface area contributed by atoms with Crippen molar-refractivity contribution in [2.24, 2.45) is 11.8 Å². The van der Waals surface area contributed by atoms with Crippen molar-refractivity contribution >= 4 is 11.9 Å². The smallest absolute Gasteiger partial charge is 0.331 e. The van der Waals surface area contributed by atoms with E-state index in [0.717, 1.165) is 25.7 Å². The summed E-state index contributed by atoms with van der Waals surface area (Å²) in [6, 6.07) is 0. The van der Waals surface area contributed by atoms with Crippen molar-refractivity contribution < 1.29 is 14.3 Å². The van der Waals surface area contributed by atoms with E-state index in [1.807, 2.05) is 0 Å². The third-order valence-electron chi connectivity index (χ3n) is 4.40. The van der Waals surface area contributed by atoms with E-state index in [0.29, 0.717) is 31.1 Å². The average molecular weight is 283 g/mol. The summed E-state index contributed by atoms with van der Waals surface area (Å²) >= 11 is 0. The fourth-order valence-corrected chi connectivity index (χ4v) is 3.06. The fraction of sp³-hybridized carbons (Fsp3) is 0.875. The van der Waals surface area contributed by atoms with E-state index in [9.17, 15) is 9.59 Å². The number of rotatable bonds is 6. The van der Waals surface area contributed by atoms with Gasteiger partial charge in [-0.1, -0.05) is 33.6 Å². The van der Waals surface area contributed by atoms with E-state index in [1.54, 1.807) is 0 Å². The first-order chi connectivity index (χ1) is 9.43. The molecule has 1 fully saturated rings. The lowest BCUT2D eigenvalue weighted by atomic mass is 9.77. The molecule has 0 aliphatic heterocycles. The second kappa shape index (κ2) is 7.65. The Bertz CT molecular complexity index is 333. The average Bonchev–Trinajstić information content (AvgIpc) is 2.40. The number of amides is 1. The molecule has 1 rings (SSSR count). The lowest BCUT2D eigenvalue weighted by molar-refractivity contribution is -0.153. The Hall–Kier alpha value is -1.06. The highest BCUT2D eigenvalue weighted by Crippen LogP contribution is 2.33. The van der Waals surface area contributed by atoms with Gasteiger partial charge in [-0.05, 0) is 37.5 Å². The molecule has 0 aromatic heterocycles. The van der Waals surface area contributed by atoms with Gasteiger partial charge < -0.3 is 10.1 Å². The molecule has 1 aliphatic rings. The molecule has 0 aromatic rings. The van der Waals surface area contributed by atoms with Crippen LogP contribution in [0, 0.1) is 11.8 Å². The molecule has 1 aliphatic carbocycles. The second-order valence-corrected chi connectivity index (χ2v) is 6.40. The van der Waals surface area contributed by atoms with Gasteiger partial charge in [-0.25, -0.2) is 4.79 Å². The minimum Gasteiger partial charge on any atom is -0.467 e. The van der Waals surface area contributed by atoms with Gasteiger partial charge >= 0.3 is 5.97 Å². The normalized spacial score (nSPS) is 27.7. The minimum atomic E-state index is -0.787. The molecule has 1 atom stereocenters. The zero-order valence-electron chi connectivity index (χ0n) is 13.3. The van der Waals surface area contributed by atoms with Gasteiger partial charge in [-0.15, -0.1) is 0 Å². The number of methoxy groups -OCH3 is 1. The van der Waals surface area contributed by atoms with Crippen LogP contribution in [0.3, 0.4) is 0 Å². The fourth-order valence-electron chi connectivity index (χ4n) is 3.06. The molecule has 0 saturated heterocycles. The molecule has 0 heterocycles. The van der Waals surface area contributed by atoms with Crippen LogP contribution in [0.15, 0.2) is 0 Å². The Morgan fingerprint density at radius 2 is 1.95 bits per heavy atom. The van der Waals surface area contributed by atoms with Gasteiger partial charge in [0.05, 0.1) is 7.11 Å². The van der Waals surface area contributed by atoms with E-state index in [1.165, 1.54) is 7.11 Å². The molecule has 0 radical (unpaired) electrons. The van der Waals surface area contributed by atoms with Gasteiger partial charge in [-0.3, -0.25) is 4.79 Å². The van der Waals surface area contributed by atoms with E-state index in [4.69, 9.17) is 4.74 Å². The highest BCUT2D eigenvalue weighted by atomic mass is 16.5. The lowest BCUT2D eigenvalue weighted by Gasteiger charge is -2.37. The topological polar surface area (TPSA) is 55.4 Å². The Morgan fingerprint density at radius 1 is 1.35 bits per heavy atom. The molecule has 116 valence electrons. The van der Waals surface area contributed by atoms with Crippen LogP contribution in [0.4, 0.5) is 0 Å². The largest absolute Gasteiger partial charge is 0.467 e. The summed E-state index contributed by atoms with van der Waals surface area (Å²) in [5.41, 5.74) is -0.787. The Kier molecular flexibility index (Phi) is 6.50. The van der Waals surface area contributed by atoms with Crippen molar-refractivity contribution in [3.8, 4) is 0 Å². The van der Waals surface area contributed by atoms with Crippen LogP contribution < -0.4 is 5.32 Å². The predicted octanol–water partition coefficient (Wildman–Crippen LogP) is 3.05. The molecule has 20 heavy (non-hydrogen) atoms. The Labute approximate surface area is 122 Å². The van der Waals surface area contributed by atoms with Crippen LogP contribution in [-0.4, -0.2) is 24.5 Å². The van der Waals surface area contributed by atoms with E-state index < -0.39 is 5.54 Å². The predicted molar refractivity (Wildman–Crippen MR) is 79.2 cm³/mol. The first-order valence-electron chi connectivity index (χ1n) is 7.83. The van der Waals surface area contributed by atoms with E-state index in [-0.39, 0.29) is 11.9 Å². The molecule has 1 amide bonds. The third kappa shape index (κ3) is 4.50. The van der Waals surface area contributed by atoms with Gasteiger partial charge in [0.1, 0.15) is 5.54 Å². The van der Waals surface area contributed by atoms with Gasteiger partial charge in [0, 0.05) is 6.42 Å². The SMILES string of the molecule is CCCC(C)CC(=O)NC1(C(=O)OC)CCC(C)CC1. The van der Waals surface area contributed by atoms with Crippen molar-refractivity contribution in [1.29, 1.82) is 0 Å². The van der Waals surface area contributed by atoms with Crippen molar-refractivity contribution in [2.75, 3.05) is 7.11 Å². The highest BCUT2D eigenvalue weighted by Gasteiger charge is 2.43. The molecule has 4 heteroatoms. The van der Waals surface area contributed by atoms with Crippen LogP contribution >= 0.6 is 0 Å². The summed E-state index contributed by atoms with van der Waals surface area (Å²) < 4.78 is 4.93. The molecule has 1 unspecified atom stereocenters. The molecule has 0 aromatic carbocycles. The standard InChI is InChI=1S/C16H29NO3/c1-5-6-13(3)11-14(18)17-16(15(19)20-4)9-7-12(2)8-10-16/h12-13H,5-11H2,1-4H3,(H,17,18). The number of esters is 1. The van der Waals surface area contributed by atoms with Crippen molar-refractivity contribution in [2.45, 2.75) is 71.3 Å². The van der Waals surface area contributed by atoms with Gasteiger partial charge in [0.15, 0.2) is 0 Å². The van der Waals surface area contributed by atoms with Crippen molar-refractivity contribution in [3.05, 3.63) is 0 Å². The number of nitrogens with one attached hydrogen (secondary N) is 1. The summed E-state index contributed by atoms with van der Waals surface area (Å²) in [7, 11) is 1.40. The highest BCUT2D eigenvalue weighted by molar-refractivity contribution is 5.88. The van der Waals surface area contributed by atoms with Crippen LogP contribution in [0.1, 0.15) is 65.7 Å². The van der Waals surface area contributed by atoms with Crippen molar-refractivity contribution in [3.63, 3.8) is 0 Å². The number of hydrogen-bond donors (Lipinski definition) is 1. The quantitative estimate of drug-likeness (QED) is 0.762. The van der Waals surface area contributed by atoms with Crippen molar-refractivity contribution in [1.82, 2.24) is 5.32 Å². The van der Waals surface area contributed by atoms with Crippen LogP contribution in [0.5, 0.6) is 0 Å². The second-order valence-electron chi connectivity index (χ2n) is 6.40. The Balaban J connectivity index is 2.66. The molecule has 1 saturated carbocycles. The summed E-state index contributed by atoms with van der Waals surface area (Å²) in [5, 5.41) is 2.98. The first-order valence-corrected chi connectivity index (χ1v) is 7.83. The van der Waals surface area contributed by atoms with E-state index in [2.05, 4.69) is 26.1 Å². The van der Waals surface area contributed by atoms with Gasteiger partial charge in [0.2, 0.25) is 5.91 Å². The van der Waals surface area contributed by atoms with E-state index >= 15 is 0 Å². The number of hydrogen-bond acceptors (Lipinski definition) is 3. The maximum Gasteiger partial charge on any atom is 0.331 e. The van der Waals surface area contributed by atoms with Gasteiger partial charge in [-0.2, -0.15) is 0 Å². The number of carbonyl (C=O) groups excluding carboxylic acids is 2. The monoisotopic (exact) mass is 283 g/mol. The molecule has 4 nitrogen and oxygen atoms in total. The zero-order valence-corrected chi connectivity index (χ0v) is 13.3. The number of ether oxygens (including phenoxy) is 1. The zero-order chi connectivity index (χ0) is 15.2. The third-order valence-corrected chi connectivity index (χ3v) is 4.40. The van der Waals surface area contributed by atoms with Gasteiger partial charge in [0.25, 0.3) is 0 Å². The molecular weight excluding hydrogens is 254 g/mol. The Morgan fingerprint density at radius 3 is 2.45 bits per heavy atom. The summed E-state index contributed by atoms with van der Waals surface area (Å²) in [4.78, 5) is 24.3. The van der Waals surface area contributed by atoms with Crippen LogP contribution in [0.2, 0.25) is 0 Å². The summed E-state index contributed by atoms with van der Waals surface area (Å²) in [6.45, 7) is 6.38. The summed E-state index contributed by atoms with van der Waals surface area (Å²) in [5.74, 6) is 0.660. The maximum absolute atomic E-state index is 12.2. The van der Waals surface area contributed by atoms with Crippen LogP contribution in [0.25, 0.3) is 0 Å². The maximum atomic E-state index is 12.2. The number of carbonyl (C=O) groups is 2. The molecule has 0 bridgehead atoms. The summed E-state index contributed by atoms with van der Waals surface area (Å²) in [6.07, 6.45) is 5.90. The minimum absolute atomic E-state index is 0.0223. The first kappa shape index (κ1) is 17.0.